The number of rotatable bonds is 3. The van der Waals surface area contributed by atoms with E-state index >= 15 is 0 Å². The molecule has 1 heterocycles. The second-order valence-corrected chi connectivity index (χ2v) is 3.70. The number of hydrogen-bond donors (Lipinski definition) is 1. The quantitative estimate of drug-likeness (QED) is 0.735. The Hall–Kier alpha value is -0.670. The third-order valence-corrected chi connectivity index (χ3v) is 2.49. The van der Waals surface area contributed by atoms with Crippen LogP contribution in [0.4, 0.5) is 8.78 Å². The summed E-state index contributed by atoms with van der Waals surface area (Å²) in [6.45, 7) is 2.18. The SMILES string of the molecule is C\C(F)=C/C=C(\C(F)=C\Cl)C1CCCN1. The van der Waals surface area contributed by atoms with Crippen molar-refractivity contribution >= 4 is 11.6 Å². The third-order valence-electron chi connectivity index (χ3n) is 2.30. The molecule has 1 unspecified atom stereocenters. The number of allylic oxidation sites excluding steroid dienone is 3. The zero-order chi connectivity index (χ0) is 11.3. The maximum absolute atomic E-state index is 13.4. The highest BCUT2D eigenvalue weighted by molar-refractivity contribution is 6.25. The first-order valence-corrected chi connectivity index (χ1v) is 5.32. The monoisotopic (exact) mass is 233 g/mol. The van der Waals surface area contributed by atoms with Gasteiger partial charge in [-0.2, -0.15) is 0 Å². The summed E-state index contributed by atoms with van der Waals surface area (Å²) in [5.41, 5.74) is 1.30. The molecule has 84 valence electrons. The van der Waals surface area contributed by atoms with Gasteiger partial charge in [0.15, 0.2) is 0 Å². The van der Waals surface area contributed by atoms with Gasteiger partial charge in [0.2, 0.25) is 0 Å². The molecule has 1 fully saturated rings. The largest absolute Gasteiger partial charge is 0.310 e. The Morgan fingerprint density at radius 2 is 2.13 bits per heavy atom. The summed E-state index contributed by atoms with van der Waals surface area (Å²) in [6.07, 6.45) is 4.53. The van der Waals surface area contributed by atoms with Crippen molar-refractivity contribution < 1.29 is 8.78 Å². The molecular weight excluding hydrogens is 220 g/mol. The van der Waals surface area contributed by atoms with Gasteiger partial charge in [0.05, 0.1) is 5.83 Å². The van der Waals surface area contributed by atoms with E-state index in [2.05, 4.69) is 5.32 Å². The van der Waals surface area contributed by atoms with E-state index in [9.17, 15) is 8.78 Å². The van der Waals surface area contributed by atoms with Crippen LogP contribution >= 0.6 is 11.6 Å². The molecule has 0 aliphatic carbocycles. The van der Waals surface area contributed by atoms with E-state index in [1.807, 2.05) is 0 Å². The molecule has 0 spiro atoms. The molecule has 1 aliphatic rings. The van der Waals surface area contributed by atoms with Crippen LogP contribution < -0.4 is 5.32 Å². The van der Waals surface area contributed by atoms with Crippen LogP contribution in [-0.4, -0.2) is 12.6 Å². The summed E-state index contributed by atoms with van der Waals surface area (Å²) in [6, 6.07) is -0.0596. The Morgan fingerprint density at radius 3 is 2.60 bits per heavy atom. The van der Waals surface area contributed by atoms with Crippen LogP contribution in [0.15, 0.2) is 34.9 Å². The predicted octanol–water partition coefficient (Wildman–Crippen LogP) is 3.59. The highest BCUT2D eigenvalue weighted by atomic mass is 35.5. The first-order valence-electron chi connectivity index (χ1n) is 4.88. The highest BCUT2D eigenvalue weighted by Gasteiger charge is 2.20. The van der Waals surface area contributed by atoms with Crippen molar-refractivity contribution in [2.75, 3.05) is 6.54 Å². The summed E-state index contributed by atoms with van der Waals surface area (Å²) in [5.74, 6) is -0.860. The van der Waals surface area contributed by atoms with Crippen molar-refractivity contribution in [3.05, 3.63) is 34.9 Å². The fourth-order valence-electron chi connectivity index (χ4n) is 1.58. The van der Waals surface area contributed by atoms with Crippen molar-refractivity contribution in [2.24, 2.45) is 0 Å². The van der Waals surface area contributed by atoms with E-state index < -0.39 is 5.83 Å². The van der Waals surface area contributed by atoms with E-state index in [4.69, 9.17) is 11.6 Å². The Labute approximate surface area is 93.5 Å². The van der Waals surface area contributed by atoms with Crippen molar-refractivity contribution in [2.45, 2.75) is 25.8 Å². The zero-order valence-corrected chi connectivity index (χ0v) is 9.32. The van der Waals surface area contributed by atoms with Gasteiger partial charge in [0.1, 0.15) is 5.83 Å². The summed E-state index contributed by atoms with van der Waals surface area (Å²) >= 11 is 5.32. The van der Waals surface area contributed by atoms with Crippen molar-refractivity contribution in [3.63, 3.8) is 0 Å². The Balaban J connectivity index is 2.86. The average molecular weight is 234 g/mol. The normalized spacial score (nSPS) is 24.8. The number of halogens is 3. The minimum absolute atomic E-state index is 0.0596. The van der Waals surface area contributed by atoms with Crippen molar-refractivity contribution in [1.82, 2.24) is 5.32 Å². The summed E-state index contributed by atoms with van der Waals surface area (Å²) in [5, 5.41) is 3.14. The molecule has 1 aliphatic heterocycles. The molecule has 0 amide bonds. The number of nitrogens with one attached hydrogen (secondary N) is 1. The zero-order valence-electron chi connectivity index (χ0n) is 8.56. The fraction of sp³-hybridized carbons (Fsp3) is 0.455. The van der Waals surface area contributed by atoms with Gasteiger partial charge >= 0.3 is 0 Å². The van der Waals surface area contributed by atoms with E-state index in [0.29, 0.717) is 5.57 Å². The molecular formula is C11H14ClF2N. The molecule has 4 heteroatoms. The van der Waals surface area contributed by atoms with Crippen LogP contribution in [0.5, 0.6) is 0 Å². The number of hydrogen-bond acceptors (Lipinski definition) is 1. The fourth-order valence-corrected chi connectivity index (χ4v) is 1.71. The minimum Gasteiger partial charge on any atom is -0.310 e. The van der Waals surface area contributed by atoms with Crippen LogP contribution in [0.2, 0.25) is 0 Å². The van der Waals surface area contributed by atoms with Gasteiger partial charge in [-0.25, -0.2) is 8.78 Å². The van der Waals surface area contributed by atoms with E-state index in [0.717, 1.165) is 24.9 Å². The molecule has 1 saturated heterocycles. The predicted molar refractivity (Wildman–Crippen MR) is 59.0 cm³/mol. The molecule has 1 rings (SSSR count). The smallest absolute Gasteiger partial charge is 0.139 e. The first-order chi connectivity index (χ1) is 7.15. The maximum atomic E-state index is 13.4. The van der Waals surface area contributed by atoms with Crippen molar-refractivity contribution in [1.29, 1.82) is 0 Å². The van der Waals surface area contributed by atoms with E-state index in [1.54, 1.807) is 0 Å². The lowest BCUT2D eigenvalue weighted by Gasteiger charge is -2.12. The summed E-state index contributed by atoms with van der Waals surface area (Å²) in [7, 11) is 0. The Bertz CT molecular complexity index is 298. The lowest BCUT2D eigenvalue weighted by Crippen LogP contribution is -2.23. The van der Waals surface area contributed by atoms with Gasteiger partial charge in [-0.1, -0.05) is 17.7 Å². The second kappa shape index (κ2) is 6.03. The van der Waals surface area contributed by atoms with Crippen molar-refractivity contribution in [3.8, 4) is 0 Å². The Kier molecular flexibility index (Phi) is 4.99. The molecule has 0 aromatic rings. The minimum atomic E-state index is -0.506. The topological polar surface area (TPSA) is 12.0 Å². The second-order valence-electron chi connectivity index (χ2n) is 3.48. The Morgan fingerprint density at radius 1 is 1.40 bits per heavy atom. The van der Waals surface area contributed by atoms with Crippen LogP contribution in [0.1, 0.15) is 19.8 Å². The molecule has 15 heavy (non-hydrogen) atoms. The van der Waals surface area contributed by atoms with Crippen LogP contribution in [-0.2, 0) is 0 Å². The summed E-state index contributed by atoms with van der Waals surface area (Å²) in [4.78, 5) is 0. The van der Waals surface area contributed by atoms with Crippen LogP contribution in [0.3, 0.4) is 0 Å². The molecule has 1 nitrogen and oxygen atoms in total. The summed E-state index contributed by atoms with van der Waals surface area (Å²) < 4.78 is 25.9. The molecule has 0 aromatic carbocycles. The lowest BCUT2D eigenvalue weighted by molar-refractivity contribution is 0.596. The maximum Gasteiger partial charge on any atom is 0.139 e. The van der Waals surface area contributed by atoms with Crippen LogP contribution in [0.25, 0.3) is 0 Å². The lowest BCUT2D eigenvalue weighted by atomic mass is 10.0. The molecule has 1 N–H and O–H groups in total. The van der Waals surface area contributed by atoms with E-state index in [-0.39, 0.29) is 11.9 Å². The first kappa shape index (κ1) is 12.4. The van der Waals surface area contributed by atoms with Gasteiger partial charge in [-0.3, -0.25) is 0 Å². The standard InChI is InChI=1S/C11H14ClF2N/c1-8(13)4-5-9(10(14)7-12)11-3-2-6-15-11/h4-5,7,11,15H,2-3,6H2,1H3/b8-4+,9-5+,10-7-. The van der Waals surface area contributed by atoms with Gasteiger partial charge in [-0.05, 0) is 32.4 Å². The van der Waals surface area contributed by atoms with Crippen LogP contribution in [0, 0.1) is 0 Å². The average Bonchev–Trinajstić information content (AvgIpc) is 2.70. The highest BCUT2D eigenvalue weighted by Crippen LogP contribution is 2.23. The molecule has 0 saturated carbocycles. The van der Waals surface area contributed by atoms with Gasteiger partial charge < -0.3 is 5.32 Å². The van der Waals surface area contributed by atoms with Gasteiger partial charge in [0.25, 0.3) is 0 Å². The van der Waals surface area contributed by atoms with E-state index in [1.165, 1.54) is 19.1 Å². The molecule has 1 atom stereocenters. The molecule has 0 radical (unpaired) electrons. The molecule has 0 aromatic heterocycles. The van der Waals surface area contributed by atoms with Gasteiger partial charge in [0, 0.05) is 17.2 Å². The third kappa shape index (κ3) is 3.76. The molecule has 0 bridgehead atoms. The van der Waals surface area contributed by atoms with Gasteiger partial charge in [-0.15, -0.1) is 0 Å².